The first-order valence-electron chi connectivity index (χ1n) is 11.4. The van der Waals surface area contributed by atoms with E-state index in [1.807, 2.05) is 4.68 Å². The van der Waals surface area contributed by atoms with Crippen molar-refractivity contribution in [3.05, 3.63) is 23.9 Å². The molecule has 0 amide bonds. The van der Waals surface area contributed by atoms with Gasteiger partial charge in [-0.1, -0.05) is 0 Å². The molecule has 0 unspecified atom stereocenters. The van der Waals surface area contributed by atoms with Crippen molar-refractivity contribution in [2.24, 2.45) is 11.1 Å². The fourth-order valence-electron chi connectivity index (χ4n) is 5.52. The second kappa shape index (κ2) is 6.99. The van der Waals surface area contributed by atoms with E-state index in [0.29, 0.717) is 41.2 Å². The van der Waals surface area contributed by atoms with E-state index in [4.69, 9.17) is 5.73 Å². The predicted octanol–water partition coefficient (Wildman–Crippen LogP) is 2.62. The molecule has 160 valence electrons. The van der Waals surface area contributed by atoms with Gasteiger partial charge in [0, 0.05) is 42.0 Å². The van der Waals surface area contributed by atoms with E-state index in [0.717, 1.165) is 62.7 Å². The zero-order valence-electron chi connectivity index (χ0n) is 17.3. The smallest absolute Gasteiger partial charge is 0.223 e. The van der Waals surface area contributed by atoms with Gasteiger partial charge in [0.15, 0.2) is 5.82 Å². The lowest BCUT2D eigenvalue weighted by atomic mass is 9.84. The highest BCUT2D eigenvalue weighted by Gasteiger charge is 2.49. The second-order valence-electron chi connectivity index (χ2n) is 10.0. The summed E-state index contributed by atoms with van der Waals surface area (Å²) in [5.74, 6) is 0.145. The number of nitrogens with two attached hydrogens (primary N) is 1. The van der Waals surface area contributed by atoms with Gasteiger partial charge in [-0.15, -0.1) is 0 Å². The molecule has 1 spiro atoms. The molecule has 6 rings (SSSR count). The standard InChI is InChI=1S/C22H30FN7/c23-18-11-25-21(28-15-3-1-14(2-4-15)27-16-7-13(24)8-16)29-20(18)17-10-26-30-12-22(5-6-22)9-19(17)30/h10-11,13-16,27H,1-9,12,24H2,(H,25,28,29)/t13?,14-,15-,16?. The molecule has 2 aromatic heterocycles. The average molecular weight is 412 g/mol. The summed E-state index contributed by atoms with van der Waals surface area (Å²) in [6, 6.07) is 1.90. The summed E-state index contributed by atoms with van der Waals surface area (Å²) in [6.07, 6.45) is 13.2. The molecule has 3 heterocycles. The Morgan fingerprint density at radius 1 is 1.07 bits per heavy atom. The number of hydrogen-bond donors (Lipinski definition) is 3. The molecule has 2 aromatic rings. The zero-order chi connectivity index (χ0) is 20.3. The van der Waals surface area contributed by atoms with Crippen LogP contribution in [0.25, 0.3) is 11.3 Å². The van der Waals surface area contributed by atoms with Gasteiger partial charge in [0.2, 0.25) is 5.95 Å². The number of halogens is 1. The van der Waals surface area contributed by atoms with Crippen molar-refractivity contribution in [3.8, 4) is 11.3 Å². The van der Waals surface area contributed by atoms with Gasteiger partial charge < -0.3 is 16.4 Å². The Labute approximate surface area is 176 Å². The Balaban J connectivity index is 1.11. The SMILES string of the molecule is NC1CC(N[C@H]2CC[C@H](Nc3ncc(F)c(-c4cnn5c4CC4(CC4)C5)n3)CC2)C1. The van der Waals surface area contributed by atoms with Gasteiger partial charge >= 0.3 is 0 Å². The molecule has 4 aliphatic rings. The molecule has 3 saturated carbocycles. The fourth-order valence-corrected chi connectivity index (χ4v) is 5.52. The van der Waals surface area contributed by atoms with Gasteiger partial charge in [0.05, 0.1) is 12.4 Å². The molecule has 4 N–H and O–H groups in total. The molecule has 30 heavy (non-hydrogen) atoms. The van der Waals surface area contributed by atoms with Crippen LogP contribution in [0.4, 0.5) is 10.3 Å². The minimum Gasteiger partial charge on any atom is -0.351 e. The van der Waals surface area contributed by atoms with E-state index in [9.17, 15) is 4.39 Å². The Morgan fingerprint density at radius 3 is 2.57 bits per heavy atom. The van der Waals surface area contributed by atoms with E-state index in [1.54, 1.807) is 6.20 Å². The molecule has 0 saturated heterocycles. The molecule has 3 aliphatic carbocycles. The Hall–Kier alpha value is -2.06. The van der Waals surface area contributed by atoms with Crippen LogP contribution in [-0.4, -0.2) is 43.9 Å². The van der Waals surface area contributed by atoms with Crippen LogP contribution in [0.15, 0.2) is 12.4 Å². The van der Waals surface area contributed by atoms with Crippen molar-refractivity contribution < 1.29 is 4.39 Å². The van der Waals surface area contributed by atoms with Gasteiger partial charge in [-0.25, -0.2) is 14.4 Å². The van der Waals surface area contributed by atoms with Crippen LogP contribution >= 0.6 is 0 Å². The quantitative estimate of drug-likeness (QED) is 0.700. The van der Waals surface area contributed by atoms with Crippen LogP contribution < -0.4 is 16.4 Å². The van der Waals surface area contributed by atoms with Gasteiger partial charge in [-0.3, -0.25) is 4.68 Å². The number of anilines is 1. The van der Waals surface area contributed by atoms with E-state index in [2.05, 4.69) is 25.7 Å². The van der Waals surface area contributed by atoms with Gasteiger partial charge in [-0.2, -0.15) is 5.10 Å². The Bertz CT molecular complexity index is 939. The van der Waals surface area contributed by atoms with Crippen LogP contribution in [0.3, 0.4) is 0 Å². The van der Waals surface area contributed by atoms with Crippen LogP contribution in [0.2, 0.25) is 0 Å². The molecular weight excluding hydrogens is 381 g/mol. The van der Waals surface area contributed by atoms with Crippen LogP contribution in [0.5, 0.6) is 0 Å². The van der Waals surface area contributed by atoms with E-state index < -0.39 is 0 Å². The van der Waals surface area contributed by atoms with Gasteiger partial charge in [0.25, 0.3) is 0 Å². The van der Waals surface area contributed by atoms with Gasteiger partial charge in [0.1, 0.15) is 5.69 Å². The third-order valence-corrected chi connectivity index (χ3v) is 7.64. The maximum Gasteiger partial charge on any atom is 0.223 e. The number of nitrogens with one attached hydrogen (secondary N) is 2. The normalized spacial score (nSPS) is 31.4. The van der Waals surface area contributed by atoms with Crippen LogP contribution in [0.1, 0.15) is 57.1 Å². The van der Waals surface area contributed by atoms with Crippen molar-refractivity contribution in [1.82, 2.24) is 25.1 Å². The lowest BCUT2D eigenvalue weighted by Crippen LogP contribution is -2.52. The van der Waals surface area contributed by atoms with E-state index in [-0.39, 0.29) is 5.82 Å². The summed E-state index contributed by atoms with van der Waals surface area (Å²) in [4.78, 5) is 8.79. The van der Waals surface area contributed by atoms with Crippen LogP contribution in [-0.2, 0) is 13.0 Å². The molecular formula is C22H30FN7. The first-order chi connectivity index (χ1) is 14.6. The van der Waals surface area contributed by atoms with E-state index in [1.165, 1.54) is 19.0 Å². The maximum atomic E-state index is 14.6. The second-order valence-corrected chi connectivity index (χ2v) is 10.0. The summed E-state index contributed by atoms with van der Waals surface area (Å²) < 4.78 is 16.7. The lowest BCUT2D eigenvalue weighted by molar-refractivity contribution is 0.236. The fraction of sp³-hybridized carbons (Fsp3) is 0.682. The summed E-state index contributed by atoms with van der Waals surface area (Å²) in [5, 5.41) is 11.7. The number of fused-ring (bicyclic) bond motifs is 1. The third-order valence-electron chi connectivity index (χ3n) is 7.64. The highest BCUT2D eigenvalue weighted by Crippen LogP contribution is 2.54. The zero-order valence-corrected chi connectivity index (χ0v) is 17.3. The summed E-state index contributed by atoms with van der Waals surface area (Å²) in [7, 11) is 0. The van der Waals surface area contributed by atoms with Crippen molar-refractivity contribution in [1.29, 1.82) is 0 Å². The molecule has 3 fully saturated rings. The summed E-state index contributed by atoms with van der Waals surface area (Å²) >= 11 is 0. The molecule has 0 atom stereocenters. The highest BCUT2D eigenvalue weighted by molar-refractivity contribution is 5.64. The topological polar surface area (TPSA) is 93.7 Å². The first-order valence-corrected chi connectivity index (χ1v) is 11.4. The minimum atomic E-state index is -0.375. The highest BCUT2D eigenvalue weighted by atomic mass is 19.1. The molecule has 0 aromatic carbocycles. The third kappa shape index (κ3) is 3.39. The largest absolute Gasteiger partial charge is 0.351 e. The molecule has 1 aliphatic heterocycles. The maximum absolute atomic E-state index is 14.6. The Morgan fingerprint density at radius 2 is 1.83 bits per heavy atom. The number of rotatable bonds is 5. The van der Waals surface area contributed by atoms with Crippen molar-refractivity contribution >= 4 is 5.95 Å². The number of hydrogen-bond acceptors (Lipinski definition) is 6. The van der Waals surface area contributed by atoms with E-state index >= 15 is 0 Å². The Kier molecular flexibility index (Phi) is 4.35. The monoisotopic (exact) mass is 411 g/mol. The first kappa shape index (κ1) is 18.7. The molecule has 0 bridgehead atoms. The average Bonchev–Trinajstić information content (AvgIpc) is 3.21. The predicted molar refractivity (Wildman–Crippen MR) is 112 cm³/mol. The molecule has 0 radical (unpaired) electrons. The summed E-state index contributed by atoms with van der Waals surface area (Å²) in [6.45, 7) is 0.963. The van der Waals surface area contributed by atoms with Crippen molar-refractivity contribution in [3.63, 3.8) is 0 Å². The molecule has 7 nitrogen and oxygen atoms in total. The van der Waals surface area contributed by atoms with Crippen molar-refractivity contribution in [2.45, 2.75) is 88.5 Å². The van der Waals surface area contributed by atoms with Crippen molar-refractivity contribution in [2.75, 3.05) is 5.32 Å². The van der Waals surface area contributed by atoms with Gasteiger partial charge in [-0.05, 0) is 63.2 Å². The minimum absolute atomic E-state index is 0.331. The summed E-state index contributed by atoms with van der Waals surface area (Å²) in [5.41, 5.74) is 8.61. The number of nitrogens with zero attached hydrogens (tertiary/aromatic N) is 4. The molecule has 8 heteroatoms. The van der Waals surface area contributed by atoms with Crippen LogP contribution in [0, 0.1) is 11.2 Å². The number of aromatic nitrogens is 4. The lowest BCUT2D eigenvalue weighted by Gasteiger charge is -2.38.